The van der Waals surface area contributed by atoms with Gasteiger partial charge in [0.1, 0.15) is 11.4 Å². The highest BCUT2D eigenvalue weighted by Crippen LogP contribution is 2.13. The summed E-state index contributed by atoms with van der Waals surface area (Å²) in [6.45, 7) is 9.98. The van der Waals surface area contributed by atoms with Crippen LogP contribution < -0.4 is 5.73 Å². The number of aliphatic imine (C=N–C) groups is 1. The number of carbonyl (C=O) groups is 1. The highest BCUT2D eigenvalue weighted by atomic mass is 127. The fraction of sp³-hybridized carbons (Fsp3) is 0.556. The summed E-state index contributed by atoms with van der Waals surface area (Å²) >= 11 is 0. The van der Waals surface area contributed by atoms with Crippen LogP contribution in [0.4, 0.5) is 9.18 Å². The van der Waals surface area contributed by atoms with Crippen molar-refractivity contribution in [3.05, 3.63) is 35.1 Å². The molecule has 0 saturated carbocycles. The first-order valence-corrected chi connectivity index (χ1v) is 8.43. The molecule has 1 aromatic carbocycles. The van der Waals surface area contributed by atoms with E-state index < -0.39 is 5.60 Å². The number of guanidine groups is 1. The minimum atomic E-state index is -0.498. The van der Waals surface area contributed by atoms with Crippen molar-refractivity contribution >= 4 is 36.0 Å². The number of hydrogen-bond acceptors (Lipinski definition) is 3. The number of aryl methyl sites for hydroxylation is 1. The fourth-order valence-corrected chi connectivity index (χ4v) is 2.52. The Labute approximate surface area is 171 Å². The predicted octanol–water partition coefficient (Wildman–Crippen LogP) is 3.12. The van der Waals surface area contributed by atoms with E-state index in [-0.39, 0.29) is 35.9 Å². The Bertz CT molecular complexity index is 653. The number of rotatable bonds is 2. The van der Waals surface area contributed by atoms with Crippen LogP contribution in [0.15, 0.2) is 23.2 Å². The zero-order valence-corrected chi connectivity index (χ0v) is 18.1. The number of carbonyl (C=O) groups excluding carboxylic acids is 1. The summed E-state index contributed by atoms with van der Waals surface area (Å²) in [6.07, 6.45) is -0.301. The van der Waals surface area contributed by atoms with Crippen LogP contribution in [0.3, 0.4) is 0 Å². The second-order valence-corrected chi connectivity index (χ2v) is 7.21. The Morgan fingerprint density at radius 2 is 1.81 bits per heavy atom. The summed E-state index contributed by atoms with van der Waals surface area (Å²) in [4.78, 5) is 20.1. The number of halogens is 2. The first-order valence-electron chi connectivity index (χ1n) is 8.43. The van der Waals surface area contributed by atoms with Gasteiger partial charge < -0.3 is 20.3 Å². The Balaban J connectivity index is 0.00000338. The van der Waals surface area contributed by atoms with E-state index in [2.05, 4.69) is 4.99 Å². The summed E-state index contributed by atoms with van der Waals surface area (Å²) in [7, 11) is 0. The normalized spacial score (nSPS) is 15.5. The van der Waals surface area contributed by atoms with Crippen molar-refractivity contribution in [1.82, 2.24) is 9.80 Å². The molecule has 0 spiro atoms. The van der Waals surface area contributed by atoms with Gasteiger partial charge in [-0.3, -0.25) is 0 Å². The third-order valence-electron chi connectivity index (χ3n) is 3.90. The standard InChI is InChI=1S/C18H27FN4O2.HI/c1-13-11-14(5-6-15(13)19)12-21-16(20)22-7-9-23(10-8-22)17(24)25-18(2,3)4;/h5-6,11H,7-10,12H2,1-4H3,(H2,20,21);1H. The highest BCUT2D eigenvalue weighted by molar-refractivity contribution is 14.0. The summed E-state index contributed by atoms with van der Waals surface area (Å²) in [5, 5.41) is 0. The number of nitrogens with two attached hydrogens (primary N) is 1. The SMILES string of the molecule is Cc1cc(CN=C(N)N2CCN(C(=O)OC(C)(C)C)CC2)ccc1F.I. The van der Waals surface area contributed by atoms with Gasteiger partial charge in [-0.05, 0) is 44.9 Å². The Kier molecular flexibility index (Phi) is 8.11. The fourth-order valence-electron chi connectivity index (χ4n) is 2.52. The molecule has 1 fully saturated rings. The van der Waals surface area contributed by atoms with Crippen LogP contribution in [0.25, 0.3) is 0 Å². The molecular weight excluding hydrogens is 450 g/mol. The highest BCUT2D eigenvalue weighted by Gasteiger charge is 2.26. The molecule has 1 heterocycles. The topological polar surface area (TPSA) is 71.2 Å². The number of hydrogen-bond donors (Lipinski definition) is 1. The second-order valence-electron chi connectivity index (χ2n) is 7.21. The van der Waals surface area contributed by atoms with E-state index >= 15 is 0 Å². The lowest BCUT2D eigenvalue weighted by atomic mass is 10.1. The molecule has 0 radical (unpaired) electrons. The smallest absolute Gasteiger partial charge is 0.410 e. The first kappa shape index (κ1) is 22.5. The molecule has 2 rings (SSSR count). The van der Waals surface area contributed by atoms with Crippen molar-refractivity contribution in [3.63, 3.8) is 0 Å². The average molecular weight is 478 g/mol. The number of ether oxygens (including phenoxy) is 1. The molecule has 0 atom stereocenters. The van der Waals surface area contributed by atoms with Gasteiger partial charge in [0.2, 0.25) is 0 Å². The van der Waals surface area contributed by atoms with Crippen molar-refractivity contribution in [3.8, 4) is 0 Å². The second kappa shape index (κ2) is 9.38. The molecule has 1 saturated heterocycles. The summed E-state index contributed by atoms with van der Waals surface area (Å²) in [5.41, 5.74) is 7.06. The lowest BCUT2D eigenvalue weighted by Gasteiger charge is -2.36. The number of benzene rings is 1. The molecule has 1 aromatic rings. The number of amides is 1. The van der Waals surface area contributed by atoms with Crippen LogP contribution >= 0.6 is 24.0 Å². The minimum Gasteiger partial charge on any atom is -0.444 e. The lowest BCUT2D eigenvalue weighted by Crippen LogP contribution is -2.53. The molecule has 0 unspecified atom stereocenters. The quantitative estimate of drug-likeness (QED) is 0.403. The molecule has 6 nitrogen and oxygen atoms in total. The van der Waals surface area contributed by atoms with Gasteiger partial charge in [-0.1, -0.05) is 12.1 Å². The van der Waals surface area contributed by atoms with Gasteiger partial charge in [-0.2, -0.15) is 0 Å². The zero-order valence-electron chi connectivity index (χ0n) is 15.8. The van der Waals surface area contributed by atoms with Gasteiger partial charge in [0.05, 0.1) is 6.54 Å². The van der Waals surface area contributed by atoms with E-state index in [9.17, 15) is 9.18 Å². The van der Waals surface area contributed by atoms with E-state index in [1.807, 2.05) is 25.7 Å². The first-order chi connectivity index (χ1) is 11.7. The molecule has 26 heavy (non-hydrogen) atoms. The van der Waals surface area contributed by atoms with Gasteiger partial charge in [-0.15, -0.1) is 24.0 Å². The van der Waals surface area contributed by atoms with Crippen LogP contribution in [0.1, 0.15) is 31.9 Å². The monoisotopic (exact) mass is 478 g/mol. The molecule has 1 aliphatic rings. The van der Waals surface area contributed by atoms with E-state index in [1.165, 1.54) is 6.07 Å². The Morgan fingerprint density at radius 3 is 2.35 bits per heavy atom. The third-order valence-corrected chi connectivity index (χ3v) is 3.90. The molecule has 1 amide bonds. The van der Waals surface area contributed by atoms with E-state index in [1.54, 1.807) is 24.0 Å². The summed E-state index contributed by atoms with van der Waals surface area (Å²) in [5.74, 6) is 0.213. The predicted molar refractivity (Wildman–Crippen MR) is 111 cm³/mol. The Hall–Kier alpha value is -1.58. The average Bonchev–Trinajstić information content (AvgIpc) is 2.54. The maximum Gasteiger partial charge on any atom is 0.410 e. The molecular formula is C18H28FIN4O2. The molecule has 8 heteroatoms. The molecule has 0 aromatic heterocycles. The molecule has 0 aliphatic carbocycles. The van der Waals surface area contributed by atoms with Crippen molar-refractivity contribution in [2.24, 2.45) is 10.7 Å². The van der Waals surface area contributed by atoms with Gasteiger partial charge in [0.25, 0.3) is 0 Å². The van der Waals surface area contributed by atoms with E-state index in [0.717, 1.165) is 5.56 Å². The molecule has 0 bridgehead atoms. The Morgan fingerprint density at radius 1 is 1.23 bits per heavy atom. The maximum absolute atomic E-state index is 13.3. The largest absolute Gasteiger partial charge is 0.444 e. The van der Waals surface area contributed by atoms with Crippen molar-refractivity contribution < 1.29 is 13.9 Å². The van der Waals surface area contributed by atoms with Gasteiger partial charge in [0, 0.05) is 26.2 Å². The van der Waals surface area contributed by atoms with Crippen molar-refractivity contribution in [2.75, 3.05) is 26.2 Å². The van der Waals surface area contributed by atoms with Crippen LogP contribution in [0.2, 0.25) is 0 Å². The maximum atomic E-state index is 13.3. The van der Waals surface area contributed by atoms with Gasteiger partial charge >= 0.3 is 6.09 Å². The van der Waals surface area contributed by atoms with Crippen molar-refractivity contribution in [2.45, 2.75) is 39.8 Å². The minimum absolute atomic E-state index is 0. The van der Waals surface area contributed by atoms with Crippen molar-refractivity contribution in [1.29, 1.82) is 0 Å². The molecule has 146 valence electrons. The summed E-state index contributed by atoms with van der Waals surface area (Å²) in [6, 6.07) is 4.92. The zero-order chi connectivity index (χ0) is 18.6. The van der Waals surface area contributed by atoms with Crippen LogP contribution in [-0.2, 0) is 11.3 Å². The van der Waals surface area contributed by atoms with Crippen LogP contribution in [0, 0.1) is 12.7 Å². The van der Waals surface area contributed by atoms with Crippen LogP contribution in [0.5, 0.6) is 0 Å². The van der Waals surface area contributed by atoms with Gasteiger partial charge in [-0.25, -0.2) is 14.2 Å². The van der Waals surface area contributed by atoms with Crippen LogP contribution in [-0.4, -0.2) is 53.6 Å². The third kappa shape index (κ3) is 6.62. The van der Waals surface area contributed by atoms with E-state index in [0.29, 0.717) is 44.2 Å². The lowest BCUT2D eigenvalue weighted by molar-refractivity contribution is 0.0186. The van der Waals surface area contributed by atoms with E-state index in [4.69, 9.17) is 10.5 Å². The number of nitrogens with zero attached hydrogens (tertiary/aromatic N) is 3. The number of piperazine rings is 1. The summed E-state index contributed by atoms with van der Waals surface area (Å²) < 4.78 is 18.7. The van der Waals surface area contributed by atoms with Gasteiger partial charge in [0.15, 0.2) is 5.96 Å². The molecule has 2 N–H and O–H groups in total. The molecule has 1 aliphatic heterocycles.